The number of halogens is 3. The van der Waals surface area contributed by atoms with Crippen molar-refractivity contribution in [3.63, 3.8) is 0 Å². The van der Waals surface area contributed by atoms with E-state index in [1.165, 1.54) is 19.1 Å². The quantitative estimate of drug-likeness (QED) is 0.361. The highest BCUT2D eigenvalue weighted by Gasteiger charge is 2.35. The Hall–Kier alpha value is -3.73. The summed E-state index contributed by atoms with van der Waals surface area (Å²) in [5.74, 6) is -1.29. The van der Waals surface area contributed by atoms with Gasteiger partial charge in [0.2, 0.25) is 5.91 Å². The van der Waals surface area contributed by atoms with Crippen LogP contribution >= 0.6 is 11.3 Å². The molecule has 4 rings (SSSR count). The minimum Gasteiger partial charge on any atom is -0.335 e. The molecule has 0 aliphatic heterocycles. The SMILES string of the molecule is CC(=O)Nc1ccc(NC(=O)c2cc(-c3cc(C)sc3C)nc3onc(C)c23)c(C(F)(F)F)c1. The average Bonchev–Trinajstić information content (AvgIpc) is 3.28. The van der Waals surface area contributed by atoms with Gasteiger partial charge in [-0.1, -0.05) is 5.16 Å². The molecule has 0 spiro atoms. The Morgan fingerprint density at radius 3 is 2.41 bits per heavy atom. The number of aryl methyl sites for hydroxylation is 3. The number of aromatic nitrogens is 2. The lowest BCUT2D eigenvalue weighted by Crippen LogP contribution is -2.18. The van der Waals surface area contributed by atoms with Gasteiger partial charge in [-0.25, -0.2) is 4.98 Å². The molecular weight excluding hydrogens is 469 g/mol. The van der Waals surface area contributed by atoms with Crippen LogP contribution in [0.15, 0.2) is 34.9 Å². The van der Waals surface area contributed by atoms with E-state index in [0.717, 1.165) is 27.5 Å². The normalized spacial score (nSPS) is 11.6. The van der Waals surface area contributed by atoms with Crippen molar-refractivity contribution >= 4 is 45.6 Å². The molecule has 11 heteroatoms. The zero-order valence-corrected chi connectivity index (χ0v) is 19.4. The van der Waals surface area contributed by atoms with Crippen LogP contribution in [0, 0.1) is 20.8 Å². The number of carbonyl (C=O) groups is 2. The number of hydrogen-bond donors (Lipinski definition) is 2. The van der Waals surface area contributed by atoms with Crippen LogP contribution in [0.5, 0.6) is 0 Å². The third-order valence-electron chi connectivity index (χ3n) is 5.07. The number of rotatable bonds is 4. The molecule has 1 aromatic carbocycles. The van der Waals surface area contributed by atoms with Crippen molar-refractivity contribution in [2.24, 2.45) is 0 Å². The third kappa shape index (κ3) is 4.51. The van der Waals surface area contributed by atoms with Crippen molar-refractivity contribution in [3.05, 3.63) is 56.9 Å². The zero-order chi connectivity index (χ0) is 24.8. The van der Waals surface area contributed by atoms with Gasteiger partial charge in [-0.3, -0.25) is 9.59 Å². The van der Waals surface area contributed by atoms with Crippen LogP contribution in [0.3, 0.4) is 0 Å². The average molecular weight is 488 g/mol. The topological polar surface area (TPSA) is 97.1 Å². The molecule has 2 N–H and O–H groups in total. The van der Waals surface area contributed by atoms with Gasteiger partial charge in [0.1, 0.15) is 0 Å². The van der Waals surface area contributed by atoms with Crippen molar-refractivity contribution in [3.8, 4) is 11.3 Å². The van der Waals surface area contributed by atoms with E-state index in [1.807, 2.05) is 19.9 Å². The Balaban J connectivity index is 1.80. The van der Waals surface area contributed by atoms with Crippen LogP contribution in [0.25, 0.3) is 22.4 Å². The lowest BCUT2D eigenvalue weighted by molar-refractivity contribution is -0.137. The van der Waals surface area contributed by atoms with Crippen molar-refractivity contribution in [1.29, 1.82) is 0 Å². The summed E-state index contributed by atoms with van der Waals surface area (Å²) in [6.45, 7) is 6.66. The molecule has 0 fully saturated rings. The molecule has 4 aromatic rings. The van der Waals surface area contributed by atoms with E-state index in [0.29, 0.717) is 16.8 Å². The molecule has 0 aliphatic carbocycles. The van der Waals surface area contributed by atoms with E-state index in [-0.39, 0.29) is 17.0 Å². The maximum atomic E-state index is 13.7. The van der Waals surface area contributed by atoms with E-state index in [4.69, 9.17) is 4.52 Å². The lowest BCUT2D eigenvalue weighted by Gasteiger charge is -2.16. The van der Waals surface area contributed by atoms with E-state index in [1.54, 1.807) is 18.3 Å². The fourth-order valence-electron chi connectivity index (χ4n) is 3.66. The third-order valence-corrected chi connectivity index (χ3v) is 6.04. The summed E-state index contributed by atoms with van der Waals surface area (Å²) in [6.07, 6.45) is -4.77. The first-order valence-electron chi connectivity index (χ1n) is 10.1. The minimum absolute atomic E-state index is 0.0374. The fourth-order valence-corrected chi connectivity index (χ4v) is 4.59. The fraction of sp³-hybridized carbons (Fsp3) is 0.217. The van der Waals surface area contributed by atoms with Gasteiger partial charge in [0.15, 0.2) is 0 Å². The molecule has 0 saturated carbocycles. The molecule has 3 aromatic heterocycles. The number of nitrogens with zero attached hydrogens (tertiary/aromatic N) is 2. The number of fused-ring (bicyclic) bond motifs is 1. The molecule has 0 atom stereocenters. The maximum absolute atomic E-state index is 13.7. The summed E-state index contributed by atoms with van der Waals surface area (Å²) < 4.78 is 46.4. The first-order valence-corrected chi connectivity index (χ1v) is 10.9. The molecular formula is C23H19F3N4O3S. The number of nitrogens with one attached hydrogen (secondary N) is 2. The summed E-state index contributed by atoms with van der Waals surface area (Å²) in [7, 11) is 0. The summed E-state index contributed by atoms with van der Waals surface area (Å²) >= 11 is 1.56. The van der Waals surface area contributed by atoms with Crippen LogP contribution in [0.2, 0.25) is 0 Å². The predicted molar refractivity (Wildman–Crippen MR) is 123 cm³/mol. The molecule has 3 heterocycles. The monoisotopic (exact) mass is 488 g/mol. The van der Waals surface area contributed by atoms with Crippen LogP contribution in [0.1, 0.15) is 38.3 Å². The Morgan fingerprint density at radius 2 is 1.79 bits per heavy atom. The second-order valence-corrected chi connectivity index (χ2v) is 9.18. The predicted octanol–water partition coefficient (Wildman–Crippen LogP) is 6.11. The van der Waals surface area contributed by atoms with E-state index >= 15 is 0 Å². The van der Waals surface area contributed by atoms with Gasteiger partial charge in [0.25, 0.3) is 11.6 Å². The highest BCUT2D eigenvalue weighted by atomic mass is 32.1. The van der Waals surface area contributed by atoms with E-state index in [2.05, 4.69) is 20.8 Å². The summed E-state index contributed by atoms with van der Waals surface area (Å²) in [4.78, 5) is 31.0. The van der Waals surface area contributed by atoms with Crippen LogP contribution in [-0.2, 0) is 11.0 Å². The summed E-state index contributed by atoms with van der Waals surface area (Å²) in [5, 5.41) is 8.85. The minimum atomic E-state index is -4.77. The van der Waals surface area contributed by atoms with Crippen LogP contribution < -0.4 is 10.6 Å². The largest absolute Gasteiger partial charge is 0.418 e. The van der Waals surface area contributed by atoms with Gasteiger partial charge >= 0.3 is 6.18 Å². The Morgan fingerprint density at radius 1 is 1.06 bits per heavy atom. The van der Waals surface area contributed by atoms with Gasteiger partial charge in [-0.15, -0.1) is 11.3 Å². The lowest BCUT2D eigenvalue weighted by atomic mass is 10.0. The van der Waals surface area contributed by atoms with Gasteiger partial charge in [0, 0.05) is 27.9 Å². The smallest absolute Gasteiger partial charge is 0.335 e. The van der Waals surface area contributed by atoms with Gasteiger partial charge in [-0.05, 0) is 51.1 Å². The molecule has 0 aliphatic rings. The number of thiophene rings is 1. The first-order chi connectivity index (χ1) is 15.9. The summed E-state index contributed by atoms with van der Waals surface area (Å²) in [5.41, 5.74) is 0.246. The molecule has 7 nitrogen and oxygen atoms in total. The standard InChI is InChI=1S/C23H19F3N4O3S/c1-10-7-15(12(3)34-10)19-9-16(20-11(2)30-33-22(20)29-19)21(32)28-18-6-5-14(27-13(4)31)8-17(18)23(24,25)26/h5-9H,1-4H3,(H,27,31)(H,28,32). The number of amides is 2. The highest BCUT2D eigenvalue weighted by Crippen LogP contribution is 2.38. The second-order valence-electron chi connectivity index (χ2n) is 7.72. The molecule has 2 amide bonds. The second kappa shape index (κ2) is 8.56. The molecule has 0 saturated heterocycles. The first kappa shape index (κ1) is 23.4. The maximum Gasteiger partial charge on any atom is 0.418 e. The van der Waals surface area contributed by atoms with Gasteiger partial charge < -0.3 is 15.2 Å². The van der Waals surface area contributed by atoms with E-state index < -0.39 is 29.2 Å². The molecule has 0 unspecified atom stereocenters. The number of hydrogen-bond acceptors (Lipinski definition) is 6. The Labute approximate surface area is 196 Å². The Bertz CT molecular complexity index is 1440. The molecule has 176 valence electrons. The van der Waals surface area contributed by atoms with Crippen molar-refractivity contribution < 1.29 is 27.3 Å². The molecule has 0 radical (unpaired) electrons. The van der Waals surface area contributed by atoms with Crippen molar-refractivity contribution in [2.75, 3.05) is 10.6 Å². The molecule has 0 bridgehead atoms. The highest BCUT2D eigenvalue weighted by molar-refractivity contribution is 7.12. The summed E-state index contributed by atoms with van der Waals surface area (Å²) in [6, 6.07) is 6.59. The molecule has 34 heavy (non-hydrogen) atoms. The van der Waals surface area contributed by atoms with Gasteiger partial charge in [-0.2, -0.15) is 13.2 Å². The van der Waals surface area contributed by atoms with E-state index in [9.17, 15) is 22.8 Å². The van der Waals surface area contributed by atoms with Crippen LogP contribution in [-0.4, -0.2) is 22.0 Å². The van der Waals surface area contributed by atoms with Crippen molar-refractivity contribution in [2.45, 2.75) is 33.9 Å². The number of carbonyl (C=O) groups excluding carboxylic acids is 2. The van der Waals surface area contributed by atoms with Gasteiger partial charge in [0.05, 0.1) is 33.6 Å². The number of alkyl halides is 3. The number of anilines is 2. The number of pyridine rings is 1. The number of benzene rings is 1. The Kier molecular flexibility index (Phi) is 5.90. The zero-order valence-electron chi connectivity index (χ0n) is 18.5. The van der Waals surface area contributed by atoms with Crippen LogP contribution in [0.4, 0.5) is 24.5 Å². The van der Waals surface area contributed by atoms with Crippen molar-refractivity contribution in [1.82, 2.24) is 10.1 Å².